The summed E-state index contributed by atoms with van der Waals surface area (Å²) in [4.78, 5) is 15.6. The number of carbonyl (C=O) groups is 1. The first kappa shape index (κ1) is 12.3. The normalized spacial score (nSPS) is 10.1. The Balaban J connectivity index is 2.10. The molecule has 0 bridgehead atoms. The number of carbonyl (C=O) groups excluding carboxylic acids is 1. The summed E-state index contributed by atoms with van der Waals surface area (Å²) in [6.45, 7) is 3.78. The Morgan fingerprint density at radius 2 is 1.78 bits per heavy atom. The number of ether oxygens (including phenoxy) is 1. The smallest absolute Gasteiger partial charge is 0.162 e. The highest BCUT2D eigenvalue weighted by atomic mass is 16.5. The number of Topliss-reactive ketones (excluding diaryl/α,β-unsaturated/α-hetero) is 1. The maximum absolute atomic E-state index is 11.5. The van der Waals surface area contributed by atoms with Gasteiger partial charge in [0.25, 0.3) is 0 Å². The Labute approximate surface area is 106 Å². The Morgan fingerprint density at radius 1 is 1.11 bits per heavy atom. The highest BCUT2D eigenvalue weighted by molar-refractivity contribution is 5.95. The monoisotopic (exact) mass is 241 g/mol. The zero-order valence-electron chi connectivity index (χ0n) is 10.5. The number of aromatic nitrogens is 1. The first-order valence-electron chi connectivity index (χ1n) is 5.93. The lowest BCUT2D eigenvalue weighted by Crippen LogP contribution is -1.95. The lowest BCUT2D eigenvalue weighted by Gasteiger charge is -2.06. The largest absolute Gasteiger partial charge is 0.456 e. The molecule has 3 heteroatoms. The van der Waals surface area contributed by atoms with Gasteiger partial charge in [0.1, 0.15) is 11.5 Å². The minimum absolute atomic E-state index is 0.138. The van der Waals surface area contributed by atoms with Crippen LogP contribution in [0.25, 0.3) is 0 Å². The minimum Gasteiger partial charge on any atom is -0.456 e. The fourth-order valence-electron chi connectivity index (χ4n) is 1.56. The fraction of sp³-hybridized carbons (Fsp3) is 0.200. The number of benzene rings is 1. The van der Waals surface area contributed by atoms with Crippen LogP contribution in [-0.4, -0.2) is 10.8 Å². The first-order chi connectivity index (χ1) is 8.69. The third kappa shape index (κ3) is 2.94. The van der Waals surface area contributed by atoms with E-state index in [1.54, 1.807) is 30.5 Å². The average Bonchev–Trinajstić information content (AvgIpc) is 2.41. The van der Waals surface area contributed by atoms with E-state index in [9.17, 15) is 4.79 Å². The molecule has 0 saturated carbocycles. The van der Waals surface area contributed by atoms with E-state index in [1.807, 2.05) is 26.0 Å². The summed E-state index contributed by atoms with van der Waals surface area (Å²) in [5.74, 6) is 1.53. The molecule has 2 rings (SSSR count). The molecule has 1 heterocycles. The second-order valence-corrected chi connectivity index (χ2v) is 4.04. The van der Waals surface area contributed by atoms with Crippen LogP contribution in [0.4, 0.5) is 0 Å². The minimum atomic E-state index is 0.138. The SMILES string of the molecule is CCC(=O)c1ccc(Oc2ccc(C)nc2)cc1. The molecule has 0 aliphatic rings. The number of hydrogen-bond donors (Lipinski definition) is 0. The van der Waals surface area contributed by atoms with Crippen LogP contribution in [-0.2, 0) is 0 Å². The molecule has 0 unspecified atom stereocenters. The van der Waals surface area contributed by atoms with Crippen LogP contribution in [0.3, 0.4) is 0 Å². The van der Waals surface area contributed by atoms with Gasteiger partial charge in [-0.3, -0.25) is 9.78 Å². The summed E-state index contributed by atoms with van der Waals surface area (Å²) >= 11 is 0. The molecular formula is C15H15NO2. The second-order valence-electron chi connectivity index (χ2n) is 4.04. The van der Waals surface area contributed by atoms with Crippen molar-refractivity contribution in [2.24, 2.45) is 0 Å². The van der Waals surface area contributed by atoms with E-state index < -0.39 is 0 Å². The van der Waals surface area contributed by atoms with E-state index in [0.717, 1.165) is 5.69 Å². The maximum Gasteiger partial charge on any atom is 0.162 e. The molecule has 0 fully saturated rings. The topological polar surface area (TPSA) is 39.2 Å². The molecule has 92 valence electrons. The zero-order valence-corrected chi connectivity index (χ0v) is 10.5. The van der Waals surface area contributed by atoms with Crippen molar-refractivity contribution in [3.05, 3.63) is 53.9 Å². The molecule has 0 aliphatic heterocycles. The highest BCUT2D eigenvalue weighted by Crippen LogP contribution is 2.21. The average molecular weight is 241 g/mol. The van der Waals surface area contributed by atoms with Crippen molar-refractivity contribution in [2.75, 3.05) is 0 Å². The summed E-state index contributed by atoms with van der Waals surface area (Å²) in [5.41, 5.74) is 1.66. The Kier molecular flexibility index (Phi) is 3.72. The highest BCUT2D eigenvalue weighted by Gasteiger charge is 2.03. The van der Waals surface area contributed by atoms with Gasteiger partial charge in [-0.2, -0.15) is 0 Å². The molecule has 0 radical (unpaired) electrons. The lowest BCUT2D eigenvalue weighted by molar-refractivity contribution is 0.0988. The second kappa shape index (κ2) is 5.45. The molecule has 1 aromatic carbocycles. The van der Waals surface area contributed by atoms with Gasteiger partial charge in [-0.1, -0.05) is 6.92 Å². The quantitative estimate of drug-likeness (QED) is 0.765. The summed E-state index contributed by atoms with van der Waals surface area (Å²) < 4.78 is 5.63. The van der Waals surface area contributed by atoms with Crippen LogP contribution < -0.4 is 4.74 Å². The van der Waals surface area contributed by atoms with Crippen molar-refractivity contribution < 1.29 is 9.53 Å². The van der Waals surface area contributed by atoms with Crippen LogP contribution >= 0.6 is 0 Å². The standard InChI is InChI=1S/C15H15NO2/c1-3-15(17)12-5-8-13(9-6-12)18-14-7-4-11(2)16-10-14/h4-10H,3H2,1-2H3. The molecule has 18 heavy (non-hydrogen) atoms. The number of nitrogens with zero attached hydrogens (tertiary/aromatic N) is 1. The third-order valence-electron chi connectivity index (χ3n) is 2.62. The molecule has 2 aromatic rings. The van der Waals surface area contributed by atoms with Crippen LogP contribution in [0.5, 0.6) is 11.5 Å². The molecule has 1 aromatic heterocycles. The number of hydrogen-bond acceptors (Lipinski definition) is 3. The van der Waals surface area contributed by atoms with E-state index in [0.29, 0.717) is 23.5 Å². The molecule has 0 aliphatic carbocycles. The predicted molar refractivity (Wildman–Crippen MR) is 70.1 cm³/mol. The molecule has 0 N–H and O–H groups in total. The predicted octanol–water partition coefficient (Wildman–Crippen LogP) is 3.78. The number of pyridine rings is 1. The molecule has 0 atom stereocenters. The van der Waals surface area contributed by atoms with Crippen LogP contribution in [0.2, 0.25) is 0 Å². The fourth-order valence-corrected chi connectivity index (χ4v) is 1.56. The summed E-state index contributed by atoms with van der Waals surface area (Å²) in [6, 6.07) is 10.9. The summed E-state index contributed by atoms with van der Waals surface area (Å²) in [5, 5.41) is 0. The molecule has 3 nitrogen and oxygen atoms in total. The van der Waals surface area contributed by atoms with Gasteiger partial charge in [-0.05, 0) is 43.3 Å². The van der Waals surface area contributed by atoms with E-state index >= 15 is 0 Å². The van der Waals surface area contributed by atoms with Crippen molar-refractivity contribution in [3.63, 3.8) is 0 Å². The van der Waals surface area contributed by atoms with Gasteiger partial charge in [0, 0.05) is 17.7 Å². The number of rotatable bonds is 4. The number of ketones is 1. The number of aryl methyl sites for hydroxylation is 1. The van der Waals surface area contributed by atoms with Crippen molar-refractivity contribution in [3.8, 4) is 11.5 Å². The van der Waals surface area contributed by atoms with Crippen LogP contribution in [0.1, 0.15) is 29.4 Å². The molecule has 0 spiro atoms. The Hall–Kier alpha value is -2.16. The van der Waals surface area contributed by atoms with Gasteiger partial charge in [0.15, 0.2) is 5.78 Å². The van der Waals surface area contributed by atoms with E-state index in [2.05, 4.69) is 4.98 Å². The maximum atomic E-state index is 11.5. The molecule has 0 amide bonds. The van der Waals surface area contributed by atoms with Crippen molar-refractivity contribution in [1.29, 1.82) is 0 Å². The van der Waals surface area contributed by atoms with Gasteiger partial charge < -0.3 is 4.74 Å². The third-order valence-corrected chi connectivity index (χ3v) is 2.62. The van der Waals surface area contributed by atoms with Crippen molar-refractivity contribution in [1.82, 2.24) is 4.98 Å². The molecule has 0 saturated heterocycles. The zero-order chi connectivity index (χ0) is 13.0. The lowest BCUT2D eigenvalue weighted by atomic mass is 10.1. The van der Waals surface area contributed by atoms with Gasteiger partial charge in [0.05, 0.1) is 6.20 Å². The van der Waals surface area contributed by atoms with Crippen LogP contribution in [0.15, 0.2) is 42.6 Å². The first-order valence-corrected chi connectivity index (χ1v) is 5.93. The summed E-state index contributed by atoms with van der Waals surface area (Å²) in [7, 11) is 0. The summed E-state index contributed by atoms with van der Waals surface area (Å²) in [6.07, 6.45) is 2.20. The van der Waals surface area contributed by atoms with Gasteiger partial charge >= 0.3 is 0 Å². The van der Waals surface area contributed by atoms with E-state index in [1.165, 1.54) is 0 Å². The van der Waals surface area contributed by atoms with Crippen molar-refractivity contribution >= 4 is 5.78 Å². The van der Waals surface area contributed by atoms with Gasteiger partial charge in [-0.15, -0.1) is 0 Å². The van der Waals surface area contributed by atoms with E-state index in [-0.39, 0.29) is 5.78 Å². The van der Waals surface area contributed by atoms with Gasteiger partial charge in [0.2, 0.25) is 0 Å². The Bertz CT molecular complexity index is 529. The van der Waals surface area contributed by atoms with E-state index in [4.69, 9.17) is 4.74 Å². The molecular weight excluding hydrogens is 226 g/mol. The Morgan fingerprint density at radius 3 is 2.33 bits per heavy atom. The van der Waals surface area contributed by atoms with Crippen LogP contribution in [0, 0.1) is 6.92 Å². The van der Waals surface area contributed by atoms with Gasteiger partial charge in [-0.25, -0.2) is 0 Å². The van der Waals surface area contributed by atoms with Crippen molar-refractivity contribution in [2.45, 2.75) is 20.3 Å².